The van der Waals surface area contributed by atoms with E-state index in [9.17, 15) is 9.90 Å². The number of carbonyl (C=O) groups excluding carboxylic acids is 1. The number of aliphatic imine (C=N–C) groups is 1. The van der Waals surface area contributed by atoms with Crippen molar-refractivity contribution < 1.29 is 14.4 Å². The average Bonchev–Trinajstić information content (AvgIpc) is 3.31. The molecule has 1 aromatic heterocycles. The highest BCUT2D eigenvalue weighted by Gasteiger charge is 2.45. The molecule has 149 valence electrons. The fraction of sp³-hybridized carbons (Fsp3) is 0.722. The van der Waals surface area contributed by atoms with Crippen LogP contribution in [-0.2, 0) is 4.79 Å². The highest BCUT2D eigenvalue weighted by molar-refractivity contribution is 6.97. The molecule has 3 atom stereocenters. The molecular weight excluding hydrogens is 356 g/mol. The molecule has 0 aliphatic carbocycles. The molecule has 0 saturated carbocycles. The number of hydrogen-bond donors (Lipinski definition) is 2. The summed E-state index contributed by atoms with van der Waals surface area (Å²) >= 11 is 0. The Bertz CT molecular complexity index is 751. The van der Waals surface area contributed by atoms with Gasteiger partial charge < -0.3 is 20.0 Å². The van der Waals surface area contributed by atoms with Gasteiger partial charge in [-0.1, -0.05) is 25.9 Å². The lowest BCUT2D eigenvalue weighted by molar-refractivity contribution is -0.134. The predicted octanol–water partition coefficient (Wildman–Crippen LogP) is -0.236. The molecule has 0 spiro atoms. The zero-order chi connectivity index (χ0) is 20.6. The van der Waals surface area contributed by atoms with Gasteiger partial charge in [0.05, 0.1) is 12.1 Å². The van der Waals surface area contributed by atoms with Gasteiger partial charge in [0.15, 0.2) is 0 Å². The van der Waals surface area contributed by atoms with Gasteiger partial charge >= 0.3 is 0 Å². The van der Waals surface area contributed by atoms with E-state index in [0.717, 1.165) is 6.54 Å². The highest BCUT2D eigenvalue weighted by atomic mass is 16.5. The first-order valence-electron chi connectivity index (χ1n) is 9.82. The fourth-order valence-corrected chi connectivity index (χ4v) is 4.03. The van der Waals surface area contributed by atoms with Gasteiger partial charge in [-0.25, -0.2) is 4.99 Å². The second-order valence-corrected chi connectivity index (χ2v) is 8.29. The Morgan fingerprint density at radius 2 is 2.25 bits per heavy atom. The Morgan fingerprint density at radius 1 is 1.54 bits per heavy atom. The summed E-state index contributed by atoms with van der Waals surface area (Å²) in [7, 11) is 6.85. The van der Waals surface area contributed by atoms with E-state index in [2.05, 4.69) is 10.6 Å². The molecule has 3 radical (unpaired) electrons. The molecule has 1 unspecified atom stereocenters. The number of hydrazine groups is 1. The smallest absolute Gasteiger partial charge is 0.234 e. The van der Waals surface area contributed by atoms with Gasteiger partial charge in [0, 0.05) is 32.8 Å². The van der Waals surface area contributed by atoms with Gasteiger partial charge in [0.1, 0.15) is 30.3 Å². The minimum absolute atomic E-state index is 0.00785. The summed E-state index contributed by atoms with van der Waals surface area (Å²) in [6.07, 6.45) is -0.137. The number of aromatic nitrogens is 1. The zero-order valence-electron chi connectivity index (χ0n) is 17.2. The number of rotatable bonds is 6. The van der Waals surface area contributed by atoms with Crippen molar-refractivity contribution in [3.63, 3.8) is 0 Å². The molecule has 1 saturated heterocycles. The monoisotopic (exact) mass is 384 g/mol. The Kier molecular flexibility index (Phi) is 5.91. The van der Waals surface area contributed by atoms with E-state index >= 15 is 0 Å². The number of nitrogens with one attached hydrogen (secondary N) is 1. The molecule has 1 amide bonds. The Balaban J connectivity index is 1.88. The second-order valence-electron chi connectivity index (χ2n) is 8.29. The van der Waals surface area contributed by atoms with E-state index in [-0.39, 0.29) is 24.4 Å². The first-order valence-corrected chi connectivity index (χ1v) is 9.82. The first-order chi connectivity index (χ1) is 13.2. The summed E-state index contributed by atoms with van der Waals surface area (Å²) in [5, 5.41) is 16.2. The zero-order valence-corrected chi connectivity index (χ0v) is 17.2. The van der Waals surface area contributed by atoms with Gasteiger partial charge in [-0.2, -0.15) is 5.01 Å². The maximum atomic E-state index is 13.5. The normalized spacial score (nSPS) is 25.7. The van der Waals surface area contributed by atoms with E-state index in [0.29, 0.717) is 23.6 Å². The van der Waals surface area contributed by atoms with Crippen molar-refractivity contribution in [1.82, 2.24) is 20.5 Å². The first kappa shape index (κ1) is 20.9. The van der Waals surface area contributed by atoms with Gasteiger partial charge in [0.2, 0.25) is 5.91 Å². The van der Waals surface area contributed by atoms with Crippen molar-refractivity contribution in [3.05, 3.63) is 11.8 Å². The van der Waals surface area contributed by atoms with Crippen molar-refractivity contribution in [2.45, 2.75) is 64.8 Å². The van der Waals surface area contributed by atoms with Crippen LogP contribution < -0.4 is 11.0 Å². The maximum Gasteiger partial charge on any atom is 0.234 e. The number of likely N-dealkylation sites (tertiary alicyclic amines) is 1. The van der Waals surface area contributed by atoms with E-state index in [1.165, 1.54) is 7.17 Å². The van der Waals surface area contributed by atoms with Crippen LogP contribution in [0.1, 0.15) is 52.7 Å². The lowest BCUT2D eigenvalue weighted by atomic mass is 9.53. The highest BCUT2D eigenvalue weighted by Crippen LogP contribution is 2.32. The summed E-state index contributed by atoms with van der Waals surface area (Å²) in [6, 6.07) is 1.39. The average molecular weight is 384 g/mol. The Hall–Kier alpha value is -1.80. The lowest BCUT2D eigenvalue weighted by Gasteiger charge is -2.30. The minimum atomic E-state index is -0.590. The second kappa shape index (κ2) is 7.91. The largest absolute Gasteiger partial charge is 0.391 e. The number of aliphatic hydroxyl groups excluding tert-OH is 1. The van der Waals surface area contributed by atoms with Crippen LogP contribution in [0.3, 0.4) is 0 Å². The third-order valence-corrected chi connectivity index (χ3v) is 5.45. The SMILES string of the molecule is [B][B]c1cc(C(C(=O)N2C[C@H](O)C[C@H]2C2=NC(C)(C)N(CC)N2)C(C)C)on1. The number of hydrogen-bond acceptors (Lipinski definition) is 7. The van der Waals surface area contributed by atoms with E-state index in [4.69, 9.17) is 17.3 Å². The number of amidine groups is 1. The molecule has 2 aliphatic rings. The Labute approximate surface area is 168 Å². The topological polar surface area (TPSA) is 94.2 Å². The molecule has 1 aromatic rings. The molecule has 3 heterocycles. The Morgan fingerprint density at radius 3 is 2.79 bits per heavy atom. The molecule has 1 fully saturated rings. The molecule has 2 aliphatic heterocycles. The molecule has 3 rings (SSSR count). The van der Waals surface area contributed by atoms with Crippen LogP contribution in [0.5, 0.6) is 0 Å². The van der Waals surface area contributed by atoms with Crippen molar-refractivity contribution in [3.8, 4) is 0 Å². The molecule has 8 nitrogen and oxygen atoms in total. The number of aliphatic hydroxyl groups is 1. The summed E-state index contributed by atoms with van der Waals surface area (Å²) in [6.45, 7) is 11.1. The molecule has 0 aromatic carbocycles. The van der Waals surface area contributed by atoms with Gasteiger partial charge in [-0.15, -0.1) is 0 Å². The third-order valence-electron chi connectivity index (χ3n) is 5.45. The van der Waals surface area contributed by atoms with Crippen LogP contribution in [0, 0.1) is 5.92 Å². The van der Waals surface area contributed by atoms with Gasteiger partial charge in [0.25, 0.3) is 0 Å². The minimum Gasteiger partial charge on any atom is -0.391 e. The fourth-order valence-electron chi connectivity index (χ4n) is 4.03. The number of amides is 1. The standard InChI is InChI=1S/C18H28B2N5O3/c1-6-25-18(4,5)21-16(22-25)12-7-11(26)9-24(12)17(27)15(10(2)3)13-8-14(20-19)23-28-13/h8,10-12,15,26H,6-7,9H2,1-5H3,(H,21,22)/t11-,12+,15?/m1/s1. The lowest BCUT2D eigenvalue weighted by Crippen LogP contribution is -2.51. The molecule has 28 heavy (non-hydrogen) atoms. The van der Waals surface area contributed by atoms with Crippen molar-refractivity contribution in [1.29, 1.82) is 0 Å². The van der Waals surface area contributed by atoms with Crippen LogP contribution in [-0.4, -0.2) is 77.7 Å². The summed E-state index contributed by atoms with van der Waals surface area (Å²) < 4.78 is 5.39. The predicted molar refractivity (Wildman–Crippen MR) is 108 cm³/mol. The van der Waals surface area contributed by atoms with Crippen LogP contribution in [0.2, 0.25) is 0 Å². The third kappa shape index (κ3) is 3.85. The quantitative estimate of drug-likeness (QED) is 0.658. The molecular formula is C18H28B2N5O3. The van der Waals surface area contributed by atoms with Gasteiger partial charge in [-0.05, 0) is 25.8 Å². The number of nitrogens with zero attached hydrogens (tertiary/aromatic N) is 4. The van der Waals surface area contributed by atoms with E-state index in [1.807, 2.05) is 39.6 Å². The summed E-state index contributed by atoms with van der Waals surface area (Å²) in [5.74, 6) is 0.577. The van der Waals surface area contributed by atoms with Crippen LogP contribution in [0.25, 0.3) is 0 Å². The van der Waals surface area contributed by atoms with Crippen LogP contribution >= 0.6 is 0 Å². The van der Waals surface area contributed by atoms with Crippen LogP contribution in [0.4, 0.5) is 0 Å². The number of carbonyl (C=O) groups is 1. The van der Waals surface area contributed by atoms with E-state index < -0.39 is 17.7 Å². The van der Waals surface area contributed by atoms with Gasteiger partial charge in [-0.3, -0.25) is 4.79 Å². The van der Waals surface area contributed by atoms with Crippen molar-refractivity contribution >= 4 is 32.2 Å². The summed E-state index contributed by atoms with van der Waals surface area (Å²) in [5.41, 5.74) is 3.41. The summed E-state index contributed by atoms with van der Waals surface area (Å²) in [4.78, 5) is 20.0. The van der Waals surface area contributed by atoms with Crippen LogP contribution in [0.15, 0.2) is 15.6 Å². The number of β-amino-alcohol motifs (C(OH)–C–C–N with tert-alkyl or cyclic N) is 1. The molecule has 0 bridgehead atoms. The van der Waals surface area contributed by atoms with Crippen molar-refractivity contribution in [2.75, 3.05) is 13.1 Å². The van der Waals surface area contributed by atoms with Crippen molar-refractivity contribution in [2.24, 2.45) is 10.9 Å². The maximum absolute atomic E-state index is 13.5. The van der Waals surface area contributed by atoms with E-state index in [1.54, 1.807) is 11.0 Å². The molecule has 10 heteroatoms. The molecule has 2 N–H and O–H groups in total.